The average molecular weight is 359 g/mol. The molecule has 26 heavy (non-hydrogen) atoms. The highest BCUT2D eigenvalue weighted by Gasteiger charge is 2.18. The molecule has 0 radical (unpaired) electrons. The van der Waals surface area contributed by atoms with Gasteiger partial charge in [0, 0.05) is 0 Å². The number of aromatic hydroxyl groups is 1. The number of hydrogen-bond donors (Lipinski definition) is 2. The van der Waals surface area contributed by atoms with E-state index in [4.69, 9.17) is 14.2 Å². The largest absolute Gasteiger partial charge is 0.504 e. The monoisotopic (exact) mass is 359 g/mol. The molecule has 2 N–H and O–H groups in total. The summed E-state index contributed by atoms with van der Waals surface area (Å²) in [6.45, 7) is 4.32. The molecule has 1 unspecified atom stereocenters. The summed E-state index contributed by atoms with van der Waals surface area (Å²) in [5.41, 5.74) is 1.80. The molecule has 0 heterocycles. The minimum atomic E-state index is -0.494. The highest BCUT2D eigenvalue weighted by atomic mass is 16.5. The Kier molecular flexibility index (Phi) is 7.14. The maximum Gasteiger partial charge on any atom is 0.407 e. The molecular formula is C20H25NO5. The van der Waals surface area contributed by atoms with Crippen LogP contribution >= 0.6 is 0 Å². The third kappa shape index (κ3) is 5.31. The maximum atomic E-state index is 12.0. The molecule has 1 amide bonds. The van der Waals surface area contributed by atoms with Gasteiger partial charge in [-0.1, -0.05) is 18.2 Å². The summed E-state index contributed by atoms with van der Waals surface area (Å²) >= 11 is 0. The standard InChI is InChI=1S/C20H25NO5/c1-4-25-19-13-15(9-10-18(19)22)17(21-20(23)26-5-2)12-14-7-6-8-16(11-14)24-3/h6-11,13,17,22H,4-5,12H2,1-3H3,(H,21,23). The third-order valence-electron chi connectivity index (χ3n) is 3.83. The van der Waals surface area contributed by atoms with Crippen molar-refractivity contribution >= 4 is 6.09 Å². The van der Waals surface area contributed by atoms with Crippen LogP contribution in [-0.2, 0) is 11.2 Å². The van der Waals surface area contributed by atoms with Gasteiger partial charge in [0.15, 0.2) is 11.5 Å². The fraction of sp³-hybridized carbons (Fsp3) is 0.350. The number of benzene rings is 2. The summed E-state index contributed by atoms with van der Waals surface area (Å²) < 4.78 is 15.7. The number of rotatable bonds is 8. The van der Waals surface area contributed by atoms with E-state index < -0.39 is 6.09 Å². The molecule has 0 saturated carbocycles. The number of phenols is 1. The molecule has 0 bridgehead atoms. The average Bonchev–Trinajstić information content (AvgIpc) is 2.63. The molecule has 0 spiro atoms. The van der Waals surface area contributed by atoms with Crippen molar-refractivity contribution in [1.82, 2.24) is 5.32 Å². The Hall–Kier alpha value is -2.89. The van der Waals surface area contributed by atoms with E-state index in [1.807, 2.05) is 31.2 Å². The van der Waals surface area contributed by atoms with Crippen molar-refractivity contribution in [3.05, 3.63) is 53.6 Å². The van der Waals surface area contributed by atoms with Crippen LogP contribution in [0.1, 0.15) is 31.0 Å². The van der Waals surface area contributed by atoms with Crippen LogP contribution in [0.15, 0.2) is 42.5 Å². The summed E-state index contributed by atoms with van der Waals surface area (Å²) in [4.78, 5) is 12.0. The third-order valence-corrected chi connectivity index (χ3v) is 3.83. The van der Waals surface area contributed by atoms with Crippen molar-refractivity contribution < 1.29 is 24.1 Å². The fourth-order valence-electron chi connectivity index (χ4n) is 2.62. The zero-order valence-corrected chi connectivity index (χ0v) is 15.3. The predicted molar refractivity (Wildman–Crippen MR) is 98.9 cm³/mol. The van der Waals surface area contributed by atoms with Crippen molar-refractivity contribution in [3.63, 3.8) is 0 Å². The molecule has 6 nitrogen and oxygen atoms in total. The van der Waals surface area contributed by atoms with Crippen LogP contribution in [0.4, 0.5) is 4.79 Å². The Balaban J connectivity index is 2.30. The molecule has 0 fully saturated rings. The van der Waals surface area contributed by atoms with Gasteiger partial charge in [0.25, 0.3) is 0 Å². The van der Waals surface area contributed by atoms with E-state index in [9.17, 15) is 9.90 Å². The lowest BCUT2D eigenvalue weighted by Gasteiger charge is -2.20. The molecular weight excluding hydrogens is 334 g/mol. The van der Waals surface area contributed by atoms with Crippen molar-refractivity contribution in [2.75, 3.05) is 20.3 Å². The van der Waals surface area contributed by atoms with Gasteiger partial charge in [-0.25, -0.2) is 4.79 Å². The van der Waals surface area contributed by atoms with Gasteiger partial charge in [0.05, 0.1) is 26.4 Å². The smallest absolute Gasteiger partial charge is 0.407 e. The number of alkyl carbamates (subject to hydrolysis) is 1. The number of nitrogens with one attached hydrogen (secondary N) is 1. The van der Waals surface area contributed by atoms with Gasteiger partial charge in [-0.05, 0) is 55.7 Å². The number of hydrogen-bond acceptors (Lipinski definition) is 5. The maximum absolute atomic E-state index is 12.0. The van der Waals surface area contributed by atoms with Gasteiger partial charge in [-0.2, -0.15) is 0 Å². The summed E-state index contributed by atoms with van der Waals surface area (Å²) in [6.07, 6.45) is 0.0400. The van der Waals surface area contributed by atoms with Crippen molar-refractivity contribution in [1.29, 1.82) is 0 Å². The lowest BCUT2D eigenvalue weighted by atomic mass is 9.98. The zero-order chi connectivity index (χ0) is 18.9. The van der Waals surface area contributed by atoms with Crippen LogP contribution in [0.2, 0.25) is 0 Å². The minimum Gasteiger partial charge on any atom is -0.504 e. The summed E-state index contributed by atoms with van der Waals surface area (Å²) in [5, 5.41) is 12.8. The first-order valence-corrected chi connectivity index (χ1v) is 8.59. The minimum absolute atomic E-state index is 0.0619. The van der Waals surface area contributed by atoms with Gasteiger partial charge in [-0.15, -0.1) is 0 Å². The van der Waals surface area contributed by atoms with Crippen molar-refractivity contribution in [3.8, 4) is 17.2 Å². The van der Waals surface area contributed by atoms with Crippen LogP contribution in [0.3, 0.4) is 0 Å². The summed E-state index contributed by atoms with van der Waals surface area (Å²) in [6, 6.07) is 12.4. The van der Waals surface area contributed by atoms with E-state index in [2.05, 4.69) is 5.32 Å². The van der Waals surface area contributed by atoms with Gasteiger partial charge < -0.3 is 24.6 Å². The second-order valence-corrected chi connectivity index (χ2v) is 5.63. The Morgan fingerprint density at radius 3 is 2.65 bits per heavy atom. The topological polar surface area (TPSA) is 77.0 Å². The highest BCUT2D eigenvalue weighted by Crippen LogP contribution is 2.31. The number of ether oxygens (including phenoxy) is 3. The first-order chi connectivity index (χ1) is 12.6. The first kappa shape index (κ1) is 19.4. The highest BCUT2D eigenvalue weighted by molar-refractivity contribution is 5.68. The Morgan fingerprint density at radius 1 is 1.15 bits per heavy atom. The van der Waals surface area contributed by atoms with Gasteiger partial charge >= 0.3 is 6.09 Å². The Labute approximate surface area is 153 Å². The second-order valence-electron chi connectivity index (χ2n) is 5.63. The molecule has 0 saturated heterocycles. The Bertz CT molecular complexity index is 732. The quantitative estimate of drug-likeness (QED) is 0.749. The fourth-order valence-corrected chi connectivity index (χ4v) is 2.62. The van der Waals surface area contributed by atoms with E-state index in [0.717, 1.165) is 16.9 Å². The number of amides is 1. The summed E-state index contributed by atoms with van der Waals surface area (Å²) in [5.74, 6) is 1.19. The van der Waals surface area contributed by atoms with Crippen LogP contribution in [0, 0.1) is 0 Å². The molecule has 0 aliphatic carbocycles. The normalized spacial score (nSPS) is 11.5. The molecule has 1 atom stereocenters. The van der Waals surface area contributed by atoms with E-state index in [1.165, 1.54) is 0 Å². The van der Waals surface area contributed by atoms with Crippen LogP contribution in [0.5, 0.6) is 17.2 Å². The molecule has 140 valence electrons. The summed E-state index contributed by atoms with van der Waals surface area (Å²) in [7, 11) is 1.61. The molecule has 2 aromatic carbocycles. The number of carbonyl (C=O) groups is 1. The van der Waals surface area contributed by atoms with E-state index >= 15 is 0 Å². The van der Waals surface area contributed by atoms with Gasteiger partial charge in [0.2, 0.25) is 0 Å². The predicted octanol–water partition coefficient (Wildman–Crippen LogP) is 3.83. The molecule has 6 heteroatoms. The van der Waals surface area contributed by atoms with Crippen LogP contribution in [-0.4, -0.2) is 31.5 Å². The zero-order valence-electron chi connectivity index (χ0n) is 15.3. The lowest BCUT2D eigenvalue weighted by Crippen LogP contribution is -2.30. The van der Waals surface area contributed by atoms with Gasteiger partial charge in [-0.3, -0.25) is 0 Å². The molecule has 0 aliphatic heterocycles. The lowest BCUT2D eigenvalue weighted by molar-refractivity contribution is 0.148. The SMILES string of the molecule is CCOC(=O)NC(Cc1cccc(OC)c1)c1ccc(O)c(OCC)c1. The molecule has 0 aromatic heterocycles. The molecule has 2 rings (SSSR count). The second kappa shape index (κ2) is 9.56. The number of phenolic OH excluding ortho intramolecular Hbond substituents is 1. The van der Waals surface area contributed by atoms with Crippen molar-refractivity contribution in [2.45, 2.75) is 26.3 Å². The first-order valence-electron chi connectivity index (χ1n) is 8.59. The molecule has 0 aliphatic rings. The van der Waals surface area contributed by atoms with Crippen LogP contribution in [0.25, 0.3) is 0 Å². The molecule has 2 aromatic rings. The van der Waals surface area contributed by atoms with E-state index in [0.29, 0.717) is 18.8 Å². The van der Waals surface area contributed by atoms with Crippen LogP contribution < -0.4 is 14.8 Å². The number of carbonyl (C=O) groups excluding carboxylic acids is 1. The number of methoxy groups -OCH3 is 1. The Morgan fingerprint density at radius 2 is 1.96 bits per heavy atom. The van der Waals surface area contributed by atoms with E-state index in [-0.39, 0.29) is 18.4 Å². The van der Waals surface area contributed by atoms with Crippen molar-refractivity contribution in [2.24, 2.45) is 0 Å². The van der Waals surface area contributed by atoms with E-state index in [1.54, 1.807) is 32.2 Å². The van der Waals surface area contributed by atoms with Gasteiger partial charge in [0.1, 0.15) is 5.75 Å².